The molecule has 1 heterocycles. The molecule has 0 N–H and O–H groups in total. The highest BCUT2D eigenvalue weighted by Crippen LogP contribution is 2.30. The Morgan fingerprint density at radius 2 is 1.46 bits per heavy atom. The number of nitrogens with zero attached hydrogens (tertiary/aromatic N) is 1. The molecule has 1 aliphatic carbocycles. The normalized spacial score (nSPS) is 25.7. The van der Waals surface area contributed by atoms with Gasteiger partial charge in [-0.05, 0) is 37.0 Å². The summed E-state index contributed by atoms with van der Waals surface area (Å²) in [5.41, 5.74) is 2.35. The maximum Gasteiger partial charge on any atom is 0.251 e. The number of hydrogen-bond acceptors (Lipinski definition) is 1. The van der Waals surface area contributed by atoms with E-state index >= 15 is 0 Å². The molecular formula is C22H29NO. The molecule has 3 rings (SSSR count). The smallest absolute Gasteiger partial charge is 0.251 e. The van der Waals surface area contributed by atoms with Gasteiger partial charge in [0.25, 0.3) is 5.91 Å². The van der Waals surface area contributed by atoms with E-state index in [2.05, 4.69) is 24.3 Å². The van der Waals surface area contributed by atoms with Gasteiger partial charge in [-0.1, -0.05) is 75.3 Å². The Morgan fingerprint density at radius 3 is 2.21 bits per heavy atom. The van der Waals surface area contributed by atoms with Crippen molar-refractivity contribution >= 4 is 11.6 Å². The minimum absolute atomic E-state index is 0.118. The van der Waals surface area contributed by atoms with Crippen LogP contribution in [0.1, 0.15) is 64.2 Å². The summed E-state index contributed by atoms with van der Waals surface area (Å²) in [6.45, 7) is 0. The fourth-order valence-corrected chi connectivity index (χ4v) is 3.87. The minimum Gasteiger partial charge on any atom is -0.301 e. The third-order valence-electron chi connectivity index (χ3n) is 5.20. The van der Waals surface area contributed by atoms with Crippen LogP contribution in [0.15, 0.2) is 54.1 Å². The van der Waals surface area contributed by atoms with Crippen LogP contribution in [0.2, 0.25) is 0 Å². The van der Waals surface area contributed by atoms with Gasteiger partial charge in [0.1, 0.15) is 0 Å². The van der Waals surface area contributed by atoms with Crippen molar-refractivity contribution in [2.24, 2.45) is 0 Å². The van der Waals surface area contributed by atoms with E-state index in [1.165, 1.54) is 56.9 Å². The van der Waals surface area contributed by atoms with Gasteiger partial charge in [-0.3, -0.25) is 4.79 Å². The van der Waals surface area contributed by atoms with Crippen LogP contribution in [-0.4, -0.2) is 11.9 Å². The second kappa shape index (κ2) is 8.86. The van der Waals surface area contributed by atoms with Gasteiger partial charge in [-0.25, -0.2) is 0 Å². The molecule has 2 nitrogen and oxygen atoms in total. The van der Waals surface area contributed by atoms with Crippen LogP contribution < -0.4 is 4.90 Å². The zero-order valence-electron chi connectivity index (χ0n) is 14.6. The number of amides is 1. The number of fused-ring (bicyclic) bond motifs is 1. The molecule has 1 unspecified atom stereocenters. The number of anilines is 1. The molecule has 0 spiro atoms. The second-order valence-corrected chi connectivity index (χ2v) is 7.00. The molecule has 1 amide bonds. The minimum atomic E-state index is 0.118. The maximum atomic E-state index is 12.6. The highest BCUT2D eigenvalue weighted by atomic mass is 16.2. The molecule has 0 aromatic heterocycles. The standard InChI is InChI=1S/C22H29NO/c24-22-18-17-19-13-9-6-4-2-1-3-5-7-12-16-21(19)23(22)20-14-10-8-11-15-20/h8,10-11,13-15,17-18,21H,1-7,9,12,16H2/b19-13+. The first kappa shape index (κ1) is 17.0. The van der Waals surface area contributed by atoms with Gasteiger partial charge in [-0.2, -0.15) is 0 Å². The number of carbonyl (C=O) groups excluding carboxylic acids is 1. The lowest BCUT2D eigenvalue weighted by Crippen LogP contribution is -2.43. The van der Waals surface area contributed by atoms with Gasteiger partial charge < -0.3 is 4.90 Å². The van der Waals surface area contributed by atoms with Crippen LogP contribution in [0.4, 0.5) is 5.69 Å². The molecule has 128 valence electrons. The summed E-state index contributed by atoms with van der Waals surface area (Å²) in [5.74, 6) is 0.118. The second-order valence-electron chi connectivity index (χ2n) is 7.00. The molecule has 0 fully saturated rings. The van der Waals surface area contributed by atoms with Gasteiger partial charge in [0.05, 0.1) is 6.04 Å². The van der Waals surface area contributed by atoms with Gasteiger partial charge in [0, 0.05) is 11.8 Å². The quantitative estimate of drug-likeness (QED) is 0.639. The van der Waals surface area contributed by atoms with Crippen molar-refractivity contribution in [2.75, 3.05) is 4.90 Å². The number of rotatable bonds is 1. The van der Waals surface area contributed by atoms with Crippen molar-refractivity contribution in [1.29, 1.82) is 0 Å². The lowest BCUT2D eigenvalue weighted by atomic mass is 9.93. The molecular weight excluding hydrogens is 294 g/mol. The maximum absolute atomic E-state index is 12.6. The first-order valence-corrected chi connectivity index (χ1v) is 9.62. The number of hydrogen-bond donors (Lipinski definition) is 0. The fourth-order valence-electron chi connectivity index (χ4n) is 3.87. The largest absolute Gasteiger partial charge is 0.301 e. The number of para-hydroxylation sites is 1. The molecule has 1 aromatic rings. The summed E-state index contributed by atoms with van der Waals surface area (Å²) in [5, 5.41) is 0. The van der Waals surface area contributed by atoms with E-state index < -0.39 is 0 Å². The summed E-state index contributed by atoms with van der Waals surface area (Å²) in [7, 11) is 0. The summed E-state index contributed by atoms with van der Waals surface area (Å²) in [6, 6.07) is 10.3. The third-order valence-corrected chi connectivity index (χ3v) is 5.20. The zero-order valence-corrected chi connectivity index (χ0v) is 14.6. The van der Waals surface area contributed by atoms with E-state index in [1.54, 1.807) is 6.08 Å². The molecule has 2 aliphatic rings. The van der Waals surface area contributed by atoms with Crippen LogP contribution in [0.3, 0.4) is 0 Å². The van der Waals surface area contributed by atoms with E-state index in [1.807, 2.05) is 23.1 Å². The van der Waals surface area contributed by atoms with Crippen molar-refractivity contribution in [2.45, 2.75) is 70.3 Å². The van der Waals surface area contributed by atoms with Gasteiger partial charge in [0.15, 0.2) is 0 Å². The molecule has 0 bridgehead atoms. The number of allylic oxidation sites excluding steroid dienone is 1. The van der Waals surface area contributed by atoms with Crippen LogP contribution in [0.25, 0.3) is 0 Å². The average molecular weight is 323 g/mol. The number of carbonyl (C=O) groups is 1. The van der Waals surface area contributed by atoms with E-state index in [4.69, 9.17) is 0 Å². The van der Waals surface area contributed by atoms with E-state index in [0.717, 1.165) is 18.5 Å². The molecule has 0 radical (unpaired) electrons. The van der Waals surface area contributed by atoms with E-state index in [9.17, 15) is 4.79 Å². The molecule has 1 aromatic carbocycles. The monoisotopic (exact) mass is 323 g/mol. The van der Waals surface area contributed by atoms with Crippen molar-refractivity contribution < 1.29 is 4.79 Å². The Bertz CT molecular complexity index is 587. The molecule has 1 aliphatic heterocycles. The lowest BCUT2D eigenvalue weighted by Gasteiger charge is -2.35. The summed E-state index contributed by atoms with van der Waals surface area (Å²) < 4.78 is 0. The fraction of sp³-hybridized carbons (Fsp3) is 0.500. The van der Waals surface area contributed by atoms with Gasteiger partial charge >= 0.3 is 0 Å². The van der Waals surface area contributed by atoms with Crippen molar-refractivity contribution in [3.05, 3.63) is 54.1 Å². The van der Waals surface area contributed by atoms with Gasteiger partial charge in [-0.15, -0.1) is 0 Å². The summed E-state index contributed by atoms with van der Waals surface area (Å²) in [4.78, 5) is 14.6. The van der Waals surface area contributed by atoms with Crippen LogP contribution in [-0.2, 0) is 4.79 Å². The zero-order chi connectivity index (χ0) is 16.6. The van der Waals surface area contributed by atoms with Crippen LogP contribution >= 0.6 is 0 Å². The van der Waals surface area contributed by atoms with Gasteiger partial charge in [0.2, 0.25) is 0 Å². The Morgan fingerprint density at radius 1 is 0.792 bits per heavy atom. The molecule has 1 atom stereocenters. The Kier molecular flexibility index (Phi) is 6.28. The van der Waals surface area contributed by atoms with E-state index in [-0.39, 0.29) is 11.9 Å². The Hall–Kier alpha value is -1.83. The lowest BCUT2D eigenvalue weighted by molar-refractivity contribution is -0.114. The Balaban J connectivity index is 1.84. The van der Waals surface area contributed by atoms with Crippen molar-refractivity contribution in [3.8, 4) is 0 Å². The Labute approximate surface area is 146 Å². The first-order valence-electron chi connectivity index (χ1n) is 9.62. The SMILES string of the molecule is O=C1C=C/C2=C\CCCCCCCCCCC2N1c1ccccc1. The van der Waals surface area contributed by atoms with Crippen LogP contribution in [0, 0.1) is 0 Å². The number of benzene rings is 1. The third kappa shape index (κ3) is 4.37. The van der Waals surface area contributed by atoms with Crippen molar-refractivity contribution in [3.63, 3.8) is 0 Å². The van der Waals surface area contributed by atoms with E-state index in [0.29, 0.717) is 0 Å². The molecule has 24 heavy (non-hydrogen) atoms. The molecule has 0 saturated heterocycles. The summed E-state index contributed by atoms with van der Waals surface area (Å²) >= 11 is 0. The summed E-state index contributed by atoms with van der Waals surface area (Å²) in [6.07, 6.45) is 18.9. The van der Waals surface area contributed by atoms with Crippen LogP contribution in [0.5, 0.6) is 0 Å². The highest BCUT2D eigenvalue weighted by molar-refractivity contribution is 6.04. The molecule has 2 heteroatoms. The molecule has 0 saturated carbocycles. The predicted molar refractivity (Wildman–Crippen MR) is 101 cm³/mol. The first-order chi connectivity index (χ1) is 11.9. The topological polar surface area (TPSA) is 20.3 Å². The average Bonchev–Trinajstić information content (AvgIpc) is 2.63. The highest BCUT2D eigenvalue weighted by Gasteiger charge is 2.28. The van der Waals surface area contributed by atoms with Crippen molar-refractivity contribution in [1.82, 2.24) is 0 Å². The predicted octanol–water partition coefficient (Wildman–Crippen LogP) is 5.80.